The molecule has 2 aromatic heterocycles. The maximum atomic E-state index is 13.4. The molecule has 0 bridgehead atoms. The van der Waals surface area contributed by atoms with Crippen molar-refractivity contribution in [3.8, 4) is 11.4 Å². The highest BCUT2D eigenvalue weighted by molar-refractivity contribution is 7.08. The van der Waals surface area contributed by atoms with Crippen LogP contribution in [0.1, 0.15) is 0 Å². The number of aromatic nitrogens is 4. The zero-order valence-corrected chi connectivity index (χ0v) is 11.5. The molecule has 0 unspecified atom stereocenters. The fourth-order valence-corrected chi connectivity index (χ4v) is 2.33. The third kappa shape index (κ3) is 3.11. The summed E-state index contributed by atoms with van der Waals surface area (Å²) < 4.78 is 13.4. The highest BCUT2D eigenvalue weighted by Gasteiger charge is 2.11. The van der Waals surface area contributed by atoms with Crippen molar-refractivity contribution >= 4 is 22.9 Å². The lowest BCUT2D eigenvalue weighted by Gasteiger charge is -2.04. The summed E-state index contributed by atoms with van der Waals surface area (Å²) in [6.45, 7) is -0.133. The van der Waals surface area contributed by atoms with Crippen LogP contribution >= 0.6 is 11.3 Å². The number of tetrazole rings is 1. The zero-order chi connectivity index (χ0) is 14.7. The highest BCUT2D eigenvalue weighted by Crippen LogP contribution is 2.16. The molecule has 1 N–H and O–H groups in total. The SMILES string of the molecule is O=C(Cn1nnc(-c2ccsc2)n1)Nc1ccccc1F. The number of hydrogen-bond acceptors (Lipinski definition) is 5. The molecule has 0 aliphatic carbocycles. The summed E-state index contributed by atoms with van der Waals surface area (Å²) in [6, 6.07) is 7.82. The second kappa shape index (κ2) is 5.80. The van der Waals surface area contributed by atoms with Crippen LogP contribution in [0.5, 0.6) is 0 Å². The molecule has 0 aliphatic heterocycles. The van der Waals surface area contributed by atoms with Gasteiger partial charge in [-0.2, -0.15) is 16.1 Å². The molecule has 3 aromatic rings. The first-order valence-corrected chi connectivity index (χ1v) is 7.01. The van der Waals surface area contributed by atoms with E-state index in [0.717, 1.165) is 5.56 Å². The minimum absolute atomic E-state index is 0.126. The summed E-state index contributed by atoms with van der Waals surface area (Å²) in [5.74, 6) is -0.458. The van der Waals surface area contributed by atoms with E-state index in [4.69, 9.17) is 0 Å². The number of nitrogens with zero attached hydrogens (tertiary/aromatic N) is 4. The van der Waals surface area contributed by atoms with Crippen LogP contribution in [0.15, 0.2) is 41.1 Å². The molecule has 8 heteroatoms. The Kier molecular flexibility index (Phi) is 3.69. The normalized spacial score (nSPS) is 10.5. The molecule has 0 saturated heterocycles. The lowest BCUT2D eigenvalue weighted by atomic mass is 10.3. The summed E-state index contributed by atoms with van der Waals surface area (Å²) in [7, 11) is 0. The predicted octanol–water partition coefficient (Wildman–Crippen LogP) is 2.18. The second-order valence-electron chi connectivity index (χ2n) is 4.18. The zero-order valence-electron chi connectivity index (χ0n) is 10.7. The van der Waals surface area contributed by atoms with E-state index >= 15 is 0 Å². The molecular formula is C13H10FN5OS. The number of rotatable bonds is 4. The van der Waals surface area contributed by atoms with Gasteiger partial charge in [-0.3, -0.25) is 4.79 Å². The number of para-hydroxylation sites is 1. The maximum absolute atomic E-state index is 13.4. The fourth-order valence-electron chi connectivity index (χ4n) is 1.70. The van der Waals surface area contributed by atoms with Crippen LogP contribution in [0, 0.1) is 5.82 Å². The molecule has 0 spiro atoms. The van der Waals surface area contributed by atoms with E-state index in [-0.39, 0.29) is 12.2 Å². The van der Waals surface area contributed by atoms with Gasteiger partial charge < -0.3 is 5.32 Å². The monoisotopic (exact) mass is 303 g/mol. The topological polar surface area (TPSA) is 72.7 Å². The Morgan fingerprint density at radius 1 is 1.33 bits per heavy atom. The van der Waals surface area contributed by atoms with Gasteiger partial charge in [-0.1, -0.05) is 12.1 Å². The van der Waals surface area contributed by atoms with Crippen molar-refractivity contribution in [2.75, 3.05) is 5.32 Å². The van der Waals surface area contributed by atoms with Crippen LogP contribution in [0.2, 0.25) is 0 Å². The second-order valence-corrected chi connectivity index (χ2v) is 4.96. The molecule has 3 rings (SSSR count). The van der Waals surface area contributed by atoms with Crippen molar-refractivity contribution in [2.24, 2.45) is 0 Å². The van der Waals surface area contributed by atoms with Crippen molar-refractivity contribution in [1.82, 2.24) is 20.2 Å². The molecule has 1 amide bonds. The van der Waals surface area contributed by atoms with Crippen molar-refractivity contribution in [1.29, 1.82) is 0 Å². The Hall–Kier alpha value is -2.61. The van der Waals surface area contributed by atoms with Gasteiger partial charge in [-0.25, -0.2) is 4.39 Å². The number of hydrogen-bond donors (Lipinski definition) is 1. The van der Waals surface area contributed by atoms with Crippen molar-refractivity contribution < 1.29 is 9.18 Å². The molecule has 0 radical (unpaired) electrons. The van der Waals surface area contributed by atoms with Gasteiger partial charge in [0.25, 0.3) is 0 Å². The molecule has 2 heterocycles. The van der Waals surface area contributed by atoms with E-state index in [9.17, 15) is 9.18 Å². The highest BCUT2D eigenvalue weighted by atomic mass is 32.1. The van der Waals surface area contributed by atoms with E-state index in [0.29, 0.717) is 5.82 Å². The van der Waals surface area contributed by atoms with Crippen LogP contribution < -0.4 is 5.32 Å². The molecular weight excluding hydrogens is 293 g/mol. The molecule has 0 saturated carbocycles. The fraction of sp³-hybridized carbons (Fsp3) is 0.0769. The Labute approximate surface area is 123 Å². The smallest absolute Gasteiger partial charge is 0.248 e. The Morgan fingerprint density at radius 3 is 2.95 bits per heavy atom. The summed E-state index contributed by atoms with van der Waals surface area (Å²) in [6.07, 6.45) is 0. The Morgan fingerprint density at radius 2 is 2.19 bits per heavy atom. The van der Waals surface area contributed by atoms with Crippen LogP contribution in [-0.2, 0) is 11.3 Å². The number of anilines is 1. The van der Waals surface area contributed by atoms with Crippen molar-refractivity contribution in [2.45, 2.75) is 6.54 Å². The minimum Gasteiger partial charge on any atom is -0.322 e. The first-order chi connectivity index (χ1) is 10.2. The lowest BCUT2D eigenvalue weighted by molar-refractivity contribution is -0.117. The molecule has 6 nitrogen and oxygen atoms in total. The van der Waals surface area contributed by atoms with Crippen LogP contribution in [0.25, 0.3) is 11.4 Å². The first kappa shape index (κ1) is 13.4. The van der Waals surface area contributed by atoms with Crippen molar-refractivity contribution in [3.05, 3.63) is 46.9 Å². The van der Waals surface area contributed by atoms with Gasteiger partial charge >= 0.3 is 0 Å². The van der Waals surface area contributed by atoms with Gasteiger partial charge in [0.1, 0.15) is 12.4 Å². The van der Waals surface area contributed by atoms with E-state index in [1.54, 1.807) is 12.1 Å². The van der Waals surface area contributed by atoms with E-state index in [2.05, 4.69) is 20.7 Å². The predicted molar refractivity (Wildman–Crippen MR) is 76.2 cm³/mol. The number of amides is 1. The average Bonchev–Trinajstić information content (AvgIpc) is 3.12. The quantitative estimate of drug-likeness (QED) is 0.802. The molecule has 0 atom stereocenters. The third-order valence-corrected chi connectivity index (χ3v) is 3.35. The Balaban J connectivity index is 1.67. The van der Waals surface area contributed by atoms with Gasteiger partial charge in [-0.05, 0) is 28.8 Å². The first-order valence-electron chi connectivity index (χ1n) is 6.07. The number of thiophene rings is 1. The average molecular weight is 303 g/mol. The standard InChI is InChI=1S/C13H10FN5OS/c14-10-3-1-2-4-11(10)15-12(20)7-19-17-13(16-18-19)9-5-6-21-8-9/h1-6,8H,7H2,(H,15,20). The van der Waals surface area contributed by atoms with Gasteiger partial charge in [0.2, 0.25) is 11.7 Å². The largest absolute Gasteiger partial charge is 0.322 e. The summed E-state index contributed by atoms with van der Waals surface area (Å²) in [5.41, 5.74) is 0.974. The third-order valence-electron chi connectivity index (χ3n) is 2.67. The van der Waals surface area contributed by atoms with Gasteiger partial charge in [0.05, 0.1) is 5.69 Å². The summed E-state index contributed by atoms with van der Waals surface area (Å²) in [5, 5.41) is 18.0. The van der Waals surface area contributed by atoms with Gasteiger partial charge in [-0.15, -0.1) is 10.2 Å². The van der Waals surface area contributed by atoms with Gasteiger partial charge in [0, 0.05) is 10.9 Å². The molecule has 0 aliphatic rings. The van der Waals surface area contributed by atoms with Crippen LogP contribution in [-0.4, -0.2) is 26.1 Å². The van der Waals surface area contributed by atoms with E-state index in [1.165, 1.54) is 28.3 Å². The van der Waals surface area contributed by atoms with Crippen LogP contribution in [0.4, 0.5) is 10.1 Å². The van der Waals surface area contributed by atoms with Gasteiger partial charge in [0.15, 0.2) is 0 Å². The molecule has 1 aromatic carbocycles. The number of carbonyl (C=O) groups is 1. The lowest BCUT2D eigenvalue weighted by Crippen LogP contribution is -2.21. The maximum Gasteiger partial charge on any atom is 0.248 e. The minimum atomic E-state index is -0.489. The number of carbonyl (C=O) groups excluding carboxylic acids is 1. The number of nitrogens with one attached hydrogen (secondary N) is 1. The number of benzene rings is 1. The summed E-state index contributed by atoms with van der Waals surface area (Å²) >= 11 is 1.52. The summed E-state index contributed by atoms with van der Waals surface area (Å²) in [4.78, 5) is 13.0. The van der Waals surface area contributed by atoms with E-state index in [1.807, 2.05) is 16.8 Å². The number of halogens is 1. The molecule has 106 valence electrons. The van der Waals surface area contributed by atoms with Crippen molar-refractivity contribution in [3.63, 3.8) is 0 Å². The Bertz CT molecular complexity index is 756. The molecule has 0 fully saturated rings. The van der Waals surface area contributed by atoms with Crippen LogP contribution in [0.3, 0.4) is 0 Å². The molecule has 21 heavy (non-hydrogen) atoms. The van der Waals surface area contributed by atoms with E-state index < -0.39 is 11.7 Å².